The molecule has 4 aliphatic heterocycles. The number of alkyl halides is 3. The number of hydrogen-bond donors (Lipinski definition) is 0. The molecule has 6 bridgehead atoms. The van der Waals surface area contributed by atoms with Crippen molar-refractivity contribution in [3.63, 3.8) is 0 Å². The minimum absolute atomic E-state index is 0.0828. The summed E-state index contributed by atoms with van der Waals surface area (Å²) in [5.74, 6) is 0. The molecule has 0 saturated carbocycles. The molecule has 348 valence electrons. The largest absolute Gasteiger partial charge is 0.523 e. The van der Waals surface area contributed by atoms with E-state index in [9.17, 15) is 21.6 Å². The quantitative estimate of drug-likeness (QED) is 0.113. The monoisotopic (exact) mass is 1070 g/mol. The van der Waals surface area contributed by atoms with Crippen molar-refractivity contribution in [2.24, 2.45) is 0 Å². The molecule has 0 radical (unpaired) electrons. The molecule has 14 nitrogen and oxygen atoms in total. The highest BCUT2D eigenvalue weighted by Gasteiger charge is 2.79. The number of rotatable bonds is 10. The molecule has 0 aliphatic carbocycles. The molecule has 67 heavy (non-hydrogen) atoms. The van der Waals surface area contributed by atoms with Gasteiger partial charge in [0.1, 0.15) is 0 Å². The van der Waals surface area contributed by atoms with Gasteiger partial charge in [0.2, 0.25) is 0 Å². The van der Waals surface area contributed by atoms with E-state index in [1.807, 2.05) is 49.0 Å². The Labute approximate surface area is 394 Å². The van der Waals surface area contributed by atoms with Crippen molar-refractivity contribution in [3.05, 3.63) is 182 Å². The summed E-state index contributed by atoms with van der Waals surface area (Å²) in [7, 11) is -41.4. The first-order valence-corrected chi connectivity index (χ1v) is 37.0. The molecule has 0 aromatic heterocycles. The maximum absolute atomic E-state index is 14.0. The standard InChI is InChI=1S/C41H41F3O14SSi8/c1-60-34-48-63(36-22-10-3-11-23-36)52-62(33-32-47-59(45,46)41(42,43)44)50-61(35-20-8-2-9-21-35)51-65(38-26-14-5-15-27-38)55-64(49-60,37-24-12-4-13-25-37)56-67(54-63,40-30-18-7-19-31-40)58-66(53-62,57-65)39-28-16-6-17-29-39/h2-31,60-61H,32-34H2,1H3. The molecule has 8 atom stereocenters. The van der Waals surface area contributed by atoms with E-state index in [0.29, 0.717) is 31.1 Å². The Bertz CT molecular complexity index is 2780. The summed E-state index contributed by atoms with van der Waals surface area (Å²) in [6.07, 6.45) is -0.0828. The van der Waals surface area contributed by atoms with Crippen molar-refractivity contribution in [3.8, 4) is 0 Å². The van der Waals surface area contributed by atoms with E-state index in [-0.39, 0.29) is 6.23 Å². The van der Waals surface area contributed by atoms with Gasteiger partial charge >= 0.3 is 77.7 Å². The lowest BCUT2D eigenvalue weighted by Gasteiger charge is -2.56. The van der Waals surface area contributed by atoms with Crippen LogP contribution in [-0.4, -0.2) is 97.9 Å². The second-order valence-electron chi connectivity index (χ2n) is 15.7. The Hall–Kier alpha value is -3.68. The molecule has 6 aromatic rings. The van der Waals surface area contributed by atoms with Crippen LogP contribution in [0.1, 0.15) is 0 Å². The van der Waals surface area contributed by atoms with E-state index < -0.39 is 99.4 Å². The maximum atomic E-state index is 14.0. The van der Waals surface area contributed by atoms with Gasteiger partial charge < -0.3 is 45.6 Å². The summed E-state index contributed by atoms with van der Waals surface area (Å²) in [5.41, 5.74) is -5.75. The average Bonchev–Trinajstić information content (AvgIpc) is 3.38. The minimum atomic E-state index is -6.13. The third kappa shape index (κ3) is 9.04. The fraction of sp³-hybridized carbons (Fsp3) is 0.122. The first kappa shape index (κ1) is 47.0. The summed E-state index contributed by atoms with van der Waals surface area (Å²) in [6.45, 7) is 0.798. The lowest BCUT2D eigenvalue weighted by Crippen LogP contribution is -2.88. The van der Waals surface area contributed by atoms with Crippen LogP contribution in [0.3, 0.4) is 0 Å². The van der Waals surface area contributed by atoms with E-state index in [4.69, 9.17) is 49.8 Å². The van der Waals surface area contributed by atoms with Crippen molar-refractivity contribution in [1.82, 2.24) is 0 Å². The van der Waals surface area contributed by atoms with Crippen LogP contribution in [0.25, 0.3) is 0 Å². The summed E-state index contributed by atoms with van der Waals surface area (Å²) >= 11 is 0. The zero-order chi connectivity index (χ0) is 46.4. The third-order valence-corrected chi connectivity index (χ3v) is 43.1. The van der Waals surface area contributed by atoms with Gasteiger partial charge in [-0.1, -0.05) is 182 Å². The van der Waals surface area contributed by atoms with Gasteiger partial charge in [0.25, 0.3) is 0 Å². The molecule has 6 aromatic carbocycles. The molecule has 0 spiro atoms. The number of hydrogen-bond acceptors (Lipinski definition) is 14. The van der Waals surface area contributed by atoms with Gasteiger partial charge in [-0.3, -0.25) is 4.18 Å². The summed E-state index contributed by atoms with van der Waals surface area (Å²) < 4.78 is 155. The SMILES string of the molecule is C[SiH]1CO[Si]2(c3ccccc3)O[Si]3(CCOS(=O)(=O)C(F)(F)F)O[SiH](c4ccccc4)O[Si]4(c5ccccc5)O[Si](c5ccccc5)(O1)O[Si](c1ccccc1)(O2)O[Si](c1ccccc1)(O3)O4. The lowest BCUT2D eigenvalue weighted by atomic mass is 10.4. The van der Waals surface area contributed by atoms with E-state index in [1.54, 1.807) is 140 Å². The topological polar surface area (TPSA) is 145 Å². The molecule has 0 amide bonds. The van der Waals surface area contributed by atoms with Crippen LogP contribution in [0.4, 0.5) is 13.2 Å². The van der Waals surface area contributed by atoms with Crippen LogP contribution in [0.5, 0.6) is 0 Å². The van der Waals surface area contributed by atoms with Gasteiger partial charge in [-0.2, -0.15) is 21.6 Å². The van der Waals surface area contributed by atoms with Crippen LogP contribution in [0.2, 0.25) is 12.6 Å². The number of halogens is 3. The Morgan fingerprint density at radius 3 is 1.33 bits per heavy atom. The van der Waals surface area contributed by atoms with Crippen molar-refractivity contribution in [1.29, 1.82) is 0 Å². The van der Waals surface area contributed by atoms with Crippen LogP contribution >= 0.6 is 0 Å². The second-order valence-corrected chi connectivity index (χ2v) is 39.7. The molecular weight excluding hydrogens is 1030 g/mol. The molecule has 8 unspecified atom stereocenters. The van der Waals surface area contributed by atoms with Crippen LogP contribution in [0.15, 0.2) is 182 Å². The Morgan fingerprint density at radius 2 is 0.851 bits per heavy atom. The second kappa shape index (κ2) is 18.2. The van der Waals surface area contributed by atoms with Crippen molar-refractivity contribution in [2.45, 2.75) is 18.1 Å². The number of fused-ring (bicyclic) bond motifs is 4. The highest BCUT2D eigenvalue weighted by Crippen LogP contribution is 2.43. The molecule has 4 aliphatic rings. The van der Waals surface area contributed by atoms with E-state index >= 15 is 0 Å². The predicted octanol–water partition coefficient (Wildman–Crippen LogP) is 2.28. The van der Waals surface area contributed by atoms with Crippen molar-refractivity contribution < 1.29 is 71.3 Å². The van der Waals surface area contributed by atoms with Gasteiger partial charge in [-0.05, 0) is 11.7 Å². The third-order valence-electron chi connectivity index (χ3n) is 11.0. The summed E-state index contributed by atoms with van der Waals surface area (Å²) in [5, 5.41) is 2.65. The Balaban J connectivity index is 1.35. The maximum Gasteiger partial charge on any atom is 0.523 e. The molecule has 26 heteroatoms. The Morgan fingerprint density at radius 1 is 0.493 bits per heavy atom. The van der Waals surface area contributed by atoms with Crippen molar-refractivity contribution >= 4 is 112 Å². The van der Waals surface area contributed by atoms with Gasteiger partial charge in [-0.25, -0.2) is 0 Å². The van der Waals surface area contributed by atoms with Gasteiger partial charge in [0.05, 0.1) is 12.8 Å². The smallest absolute Gasteiger partial charge is 0.414 e. The fourth-order valence-corrected chi connectivity index (χ4v) is 49.0. The molecular formula is C41H41F3O14SSi8. The minimum Gasteiger partial charge on any atom is -0.414 e. The van der Waals surface area contributed by atoms with E-state index in [2.05, 4.69) is 0 Å². The highest BCUT2D eigenvalue weighted by atomic mass is 32.2. The van der Waals surface area contributed by atoms with E-state index in [1.165, 1.54) is 0 Å². The predicted molar refractivity (Wildman–Crippen MR) is 254 cm³/mol. The van der Waals surface area contributed by atoms with E-state index in [0.717, 1.165) is 0 Å². The van der Waals surface area contributed by atoms with Crippen LogP contribution in [-0.2, 0) is 59.9 Å². The molecule has 4 heterocycles. The van der Waals surface area contributed by atoms with Gasteiger partial charge in [-0.15, -0.1) is 0 Å². The first-order chi connectivity index (χ1) is 32.2. The number of benzene rings is 6. The van der Waals surface area contributed by atoms with Crippen molar-refractivity contribution in [2.75, 3.05) is 12.8 Å². The normalized spacial score (nSPS) is 32.1. The highest BCUT2D eigenvalue weighted by molar-refractivity contribution is 7.87. The zero-order valence-corrected chi connectivity index (χ0v) is 44.5. The molecule has 4 fully saturated rings. The summed E-state index contributed by atoms with van der Waals surface area (Å²) in [4.78, 5) is 0. The molecule has 10 rings (SSSR count). The van der Waals surface area contributed by atoms with Gasteiger partial charge in [0, 0.05) is 32.0 Å². The fourth-order valence-electron chi connectivity index (χ4n) is 7.95. The Kier molecular flexibility index (Phi) is 12.8. The van der Waals surface area contributed by atoms with Crippen LogP contribution < -0.4 is 31.1 Å². The van der Waals surface area contributed by atoms with Crippen LogP contribution in [0, 0.1) is 0 Å². The first-order valence-electron chi connectivity index (χ1n) is 21.1. The summed E-state index contributed by atoms with van der Waals surface area (Å²) in [6, 6.07) is 52.9. The average molecular weight is 1070 g/mol. The lowest BCUT2D eigenvalue weighted by molar-refractivity contribution is -0.0542. The molecule has 4 saturated heterocycles. The molecule has 0 N–H and O–H groups in total. The van der Waals surface area contributed by atoms with Gasteiger partial charge in [0.15, 0.2) is 9.04 Å². The zero-order valence-electron chi connectivity index (χ0n) is 35.4.